The van der Waals surface area contributed by atoms with E-state index in [4.69, 9.17) is 5.73 Å². The summed E-state index contributed by atoms with van der Waals surface area (Å²) in [6, 6.07) is 8.43. The summed E-state index contributed by atoms with van der Waals surface area (Å²) in [7, 11) is 0. The Hall–Kier alpha value is -1.74. The van der Waals surface area contributed by atoms with Gasteiger partial charge in [0.15, 0.2) is 0 Å². The molecule has 2 N–H and O–H groups in total. The number of nitrogens with zero attached hydrogens (tertiary/aromatic N) is 2. The van der Waals surface area contributed by atoms with E-state index >= 15 is 0 Å². The number of aromatic nitrogens is 2. The van der Waals surface area contributed by atoms with Crippen LogP contribution in [-0.4, -0.2) is 9.97 Å². The van der Waals surface area contributed by atoms with Gasteiger partial charge in [0, 0.05) is 6.20 Å². The van der Waals surface area contributed by atoms with Gasteiger partial charge in [-0.3, -0.25) is 9.97 Å². The van der Waals surface area contributed by atoms with Gasteiger partial charge in [0.25, 0.3) is 0 Å². The summed E-state index contributed by atoms with van der Waals surface area (Å²) in [5.74, 6) is 0.733. The molecule has 2 aromatic rings. The molecule has 0 bridgehead atoms. The molecule has 1 fully saturated rings. The standard InChI is InChI=1S/C16H19N3/c1-11-9-19-15(10-18-11)16(17)14-7-3-6-13(8-14)12-4-2-5-12/h3,6-10,12,16H,2,4-5,17H2,1H3. The second-order valence-electron chi connectivity index (χ2n) is 5.36. The largest absolute Gasteiger partial charge is 0.319 e. The molecule has 3 rings (SSSR count). The Kier molecular flexibility index (Phi) is 3.30. The molecule has 98 valence electrons. The molecule has 1 aromatic heterocycles. The van der Waals surface area contributed by atoms with Gasteiger partial charge in [-0.25, -0.2) is 0 Å². The SMILES string of the molecule is Cc1cnc(C(N)c2cccc(C3CCC3)c2)cn1. The molecule has 0 radical (unpaired) electrons. The van der Waals surface area contributed by atoms with Crippen LogP contribution in [0.15, 0.2) is 36.7 Å². The van der Waals surface area contributed by atoms with Crippen molar-refractivity contribution in [3.8, 4) is 0 Å². The van der Waals surface area contributed by atoms with Crippen molar-refractivity contribution in [2.45, 2.75) is 38.1 Å². The highest BCUT2D eigenvalue weighted by molar-refractivity contribution is 5.33. The normalized spacial score (nSPS) is 16.9. The third kappa shape index (κ3) is 2.51. The van der Waals surface area contributed by atoms with Crippen LogP contribution in [0.1, 0.15) is 53.7 Å². The summed E-state index contributed by atoms with van der Waals surface area (Å²) in [4.78, 5) is 8.64. The van der Waals surface area contributed by atoms with Crippen molar-refractivity contribution in [1.82, 2.24) is 9.97 Å². The van der Waals surface area contributed by atoms with E-state index in [9.17, 15) is 0 Å². The zero-order chi connectivity index (χ0) is 13.2. The van der Waals surface area contributed by atoms with Gasteiger partial charge in [0.1, 0.15) is 0 Å². The first-order chi connectivity index (χ1) is 9.24. The first-order valence-electron chi connectivity index (χ1n) is 6.88. The van der Waals surface area contributed by atoms with E-state index in [0.29, 0.717) is 0 Å². The number of rotatable bonds is 3. The predicted octanol–water partition coefficient (Wildman–Crippen LogP) is 3.10. The van der Waals surface area contributed by atoms with E-state index in [1.807, 2.05) is 6.92 Å². The Labute approximate surface area is 113 Å². The second kappa shape index (κ2) is 5.10. The van der Waals surface area contributed by atoms with Crippen LogP contribution in [0.25, 0.3) is 0 Å². The number of nitrogens with two attached hydrogens (primary N) is 1. The van der Waals surface area contributed by atoms with Gasteiger partial charge in [0.2, 0.25) is 0 Å². The fraction of sp³-hybridized carbons (Fsp3) is 0.375. The van der Waals surface area contributed by atoms with Gasteiger partial charge in [-0.05, 0) is 36.8 Å². The summed E-state index contributed by atoms with van der Waals surface area (Å²) in [5, 5.41) is 0. The van der Waals surface area contributed by atoms with E-state index in [1.54, 1.807) is 12.4 Å². The quantitative estimate of drug-likeness (QED) is 0.914. The fourth-order valence-corrected chi connectivity index (χ4v) is 2.48. The average molecular weight is 253 g/mol. The Bertz CT molecular complexity index is 558. The van der Waals surface area contributed by atoms with Crippen LogP contribution in [0.3, 0.4) is 0 Å². The van der Waals surface area contributed by atoms with E-state index in [1.165, 1.54) is 24.8 Å². The lowest BCUT2D eigenvalue weighted by Gasteiger charge is -2.26. The van der Waals surface area contributed by atoms with E-state index < -0.39 is 0 Å². The van der Waals surface area contributed by atoms with Gasteiger partial charge in [-0.1, -0.05) is 30.7 Å². The van der Waals surface area contributed by atoms with Crippen LogP contribution in [0, 0.1) is 6.92 Å². The molecule has 1 unspecified atom stereocenters. The Morgan fingerprint density at radius 3 is 2.68 bits per heavy atom. The molecule has 1 aliphatic carbocycles. The van der Waals surface area contributed by atoms with Crippen LogP contribution in [0.5, 0.6) is 0 Å². The summed E-state index contributed by atoms with van der Waals surface area (Å²) in [5.41, 5.74) is 10.6. The summed E-state index contributed by atoms with van der Waals surface area (Å²) in [6.45, 7) is 1.93. The molecule has 0 aliphatic heterocycles. The van der Waals surface area contributed by atoms with Crippen molar-refractivity contribution in [2.75, 3.05) is 0 Å². The molecule has 1 saturated carbocycles. The monoisotopic (exact) mass is 253 g/mol. The molecule has 19 heavy (non-hydrogen) atoms. The Balaban J connectivity index is 1.86. The van der Waals surface area contributed by atoms with Gasteiger partial charge in [-0.2, -0.15) is 0 Å². The molecular formula is C16H19N3. The van der Waals surface area contributed by atoms with Crippen LogP contribution in [-0.2, 0) is 0 Å². The molecule has 3 nitrogen and oxygen atoms in total. The minimum Gasteiger partial charge on any atom is -0.319 e. The lowest BCUT2D eigenvalue weighted by molar-refractivity contribution is 0.419. The third-order valence-corrected chi connectivity index (χ3v) is 3.97. The number of hydrogen-bond donors (Lipinski definition) is 1. The van der Waals surface area contributed by atoms with Crippen LogP contribution in [0.4, 0.5) is 0 Å². The number of benzene rings is 1. The van der Waals surface area contributed by atoms with E-state index in [-0.39, 0.29) is 6.04 Å². The first kappa shape index (κ1) is 12.3. The summed E-state index contributed by atoms with van der Waals surface area (Å²) < 4.78 is 0. The van der Waals surface area contributed by atoms with Gasteiger partial charge in [0.05, 0.1) is 23.6 Å². The molecule has 1 heterocycles. The predicted molar refractivity (Wildman–Crippen MR) is 75.8 cm³/mol. The maximum atomic E-state index is 6.29. The highest BCUT2D eigenvalue weighted by Gasteiger charge is 2.20. The minimum absolute atomic E-state index is 0.187. The van der Waals surface area contributed by atoms with Crippen molar-refractivity contribution >= 4 is 0 Å². The lowest BCUT2D eigenvalue weighted by atomic mass is 9.79. The molecule has 0 spiro atoms. The topological polar surface area (TPSA) is 51.8 Å². The van der Waals surface area contributed by atoms with E-state index in [0.717, 1.165) is 22.9 Å². The van der Waals surface area contributed by atoms with Gasteiger partial charge in [-0.15, -0.1) is 0 Å². The third-order valence-electron chi connectivity index (χ3n) is 3.97. The highest BCUT2D eigenvalue weighted by atomic mass is 14.8. The zero-order valence-electron chi connectivity index (χ0n) is 11.2. The van der Waals surface area contributed by atoms with Crippen LogP contribution < -0.4 is 5.73 Å². The minimum atomic E-state index is -0.187. The fourth-order valence-electron chi connectivity index (χ4n) is 2.48. The van der Waals surface area contributed by atoms with Gasteiger partial charge < -0.3 is 5.73 Å². The van der Waals surface area contributed by atoms with Crippen molar-refractivity contribution in [3.63, 3.8) is 0 Å². The van der Waals surface area contributed by atoms with Crippen molar-refractivity contribution in [1.29, 1.82) is 0 Å². The van der Waals surface area contributed by atoms with E-state index in [2.05, 4.69) is 34.2 Å². The van der Waals surface area contributed by atoms with Crippen LogP contribution >= 0.6 is 0 Å². The summed E-state index contributed by atoms with van der Waals surface area (Å²) in [6.07, 6.45) is 7.51. The molecule has 0 saturated heterocycles. The van der Waals surface area contributed by atoms with Gasteiger partial charge >= 0.3 is 0 Å². The number of hydrogen-bond acceptors (Lipinski definition) is 3. The molecule has 1 aliphatic rings. The summed E-state index contributed by atoms with van der Waals surface area (Å²) >= 11 is 0. The Morgan fingerprint density at radius 1 is 1.21 bits per heavy atom. The second-order valence-corrected chi connectivity index (χ2v) is 5.36. The lowest BCUT2D eigenvalue weighted by Crippen LogP contribution is -2.15. The molecule has 1 atom stereocenters. The maximum absolute atomic E-state index is 6.29. The van der Waals surface area contributed by atoms with Crippen LogP contribution in [0.2, 0.25) is 0 Å². The maximum Gasteiger partial charge on any atom is 0.0799 e. The molecule has 0 amide bonds. The van der Waals surface area contributed by atoms with Crippen molar-refractivity contribution in [2.24, 2.45) is 5.73 Å². The molecule has 1 aromatic carbocycles. The Morgan fingerprint density at radius 2 is 2.05 bits per heavy atom. The van der Waals surface area contributed by atoms with Crippen molar-refractivity contribution < 1.29 is 0 Å². The highest BCUT2D eigenvalue weighted by Crippen LogP contribution is 2.37. The average Bonchev–Trinajstić information content (AvgIpc) is 2.37. The first-order valence-corrected chi connectivity index (χ1v) is 6.88. The zero-order valence-corrected chi connectivity index (χ0v) is 11.2. The van der Waals surface area contributed by atoms with Crippen molar-refractivity contribution in [3.05, 3.63) is 59.2 Å². The number of aryl methyl sites for hydroxylation is 1. The smallest absolute Gasteiger partial charge is 0.0799 e. The molecule has 3 heteroatoms. The molecular weight excluding hydrogens is 234 g/mol.